The lowest BCUT2D eigenvalue weighted by molar-refractivity contribution is -0.142. The van der Waals surface area contributed by atoms with Crippen molar-refractivity contribution in [3.8, 4) is 0 Å². The number of halogens is 3. The van der Waals surface area contributed by atoms with Crippen LogP contribution in [0.15, 0.2) is 72.8 Å². The first-order valence-electron chi connectivity index (χ1n) is 11.5. The van der Waals surface area contributed by atoms with Crippen molar-refractivity contribution in [3.63, 3.8) is 0 Å². The van der Waals surface area contributed by atoms with Gasteiger partial charge in [0.15, 0.2) is 0 Å². The Morgan fingerprint density at radius 2 is 1.54 bits per heavy atom. The van der Waals surface area contributed by atoms with E-state index in [1.807, 2.05) is 0 Å². The third-order valence-electron chi connectivity index (χ3n) is 6.24. The fourth-order valence-corrected chi connectivity index (χ4v) is 4.18. The highest BCUT2D eigenvalue weighted by Gasteiger charge is 2.42. The van der Waals surface area contributed by atoms with Gasteiger partial charge >= 0.3 is 0 Å². The summed E-state index contributed by atoms with van der Waals surface area (Å²) in [5.41, 5.74) is 1.22. The molecule has 3 N–H and O–H groups in total. The number of carbonyl (C=O) groups is 3. The van der Waals surface area contributed by atoms with Crippen molar-refractivity contribution in [3.05, 3.63) is 101 Å². The number of likely N-dealkylation sites (N-methyl/N-ethyl adjacent to an activating group) is 1. The van der Waals surface area contributed by atoms with E-state index < -0.39 is 53.2 Å². The lowest BCUT2D eigenvalue weighted by Crippen LogP contribution is -2.48. The highest BCUT2D eigenvalue weighted by molar-refractivity contribution is 6.00. The standard InChI is InChI=1S/C27H26F2N4O3.ClH/c1-16(30-2)25(34)31-22(17-9-4-3-5-10-17)27(36)33-15-18-11-6-7-12-19(18)24(33)26(35)32-23-20(28)13-8-14-21(23)29;/h3-14,16,22,24,30H,15H2,1-2H3,(H,31,34)(H,32,35);1H/t16-,22-,24-;/m0./s1. The number of hydrogen-bond acceptors (Lipinski definition) is 4. The van der Waals surface area contributed by atoms with E-state index in [-0.39, 0.29) is 19.0 Å². The molecule has 37 heavy (non-hydrogen) atoms. The maximum atomic E-state index is 14.3. The Hall–Kier alpha value is -3.82. The van der Waals surface area contributed by atoms with Gasteiger partial charge in [0.2, 0.25) is 5.91 Å². The van der Waals surface area contributed by atoms with E-state index in [4.69, 9.17) is 0 Å². The normalized spacial score (nSPS) is 15.7. The van der Waals surface area contributed by atoms with Gasteiger partial charge < -0.3 is 20.9 Å². The summed E-state index contributed by atoms with van der Waals surface area (Å²) in [6.07, 6.45) is 0. The number of rotatable bonds is 7. The molecule has 0 saturated heterocycles. The predicted octanol–water partition coefficient (Wildman–Crippen LogP) is 3.87. The third-order valence-corrected chi connectivity index (χ3v) is 6.24. The molecule has 4 rings (SSSR count). The molecule has 10 heteroatoms. The van der Waals surface area contributed by atoms with Crippen LogP contribution in [0.5, 0.6) is 0 Å². The van der Waals surface area contributed by atoms with Crippen LogP contribution in [-0.4, -0.2) is 35.7 Å². The molecule has 3 aromatic rings. The molecule has 0 bridgehead atoms. The Labute approximate surface area is 219 Å². The highest BCUT2D eigenvalue weighted by Crippen LogP contribution is 2.37. The van der Waals surface area contributed by atoms with E-state index in [2.05, 4.69) is 16.0 Å². The summed E-state index contributed by atoms with van der Waals surface area (Å²) in [6.45, 7) is 1.75. The Bertz CT molecular complexity index is 1270. The molecule has 1 heterocycles. The van der Waals surface area contributed by atoms with Crippen LogP contribution in [0.25, 0.3) is 0 Å². The molecule has 3 atom stereocenters. The molecule has 0 fully saturated rings. The average molecular weight is 529 g/mol. The van der Waals surface area contributed by atoms with Gasteiger partial charge in [-0.3, -0.25) is 14.4 Å². The molecule has 3 amide bonds. The number of anilines is 1. The zero-order valence-corrected chi connectivity index (χ0v) is 21.0. The minimum Gasteiger partial charge on any atom is -0.339 e. The van der Waals surface area contributed by atoms with Crippen molar-refractivity contribution in [2.24, 2.45) is 0 Å². The van der Waals surface area contributed by atoms with E-state index in [0.717, 1.165) is 17.7 Å². The molecule has 7 nitrogen and oxygen atoms in total. The second-order valence-corrected chi connectivity index (χ2v) is 8.52. The van der Waals surface area contributed by atoms with Crippen LogP contribution in [-0.2, 0) is 20.9 Å². The Morgan fingerprint density at radius 1 is 0.919 bits per heavy atom. The molecule has 1 aliphatic heterocycles. The smallest absolute Gasteiger partial charge is 0.252 e. The van der Waals surface area contributed by atoms with Gasteiger partial charge in [0.1, 0.15) is 29.4 Å². The quantitative estimate of drug-likeness (QED) is 0.434. The number of hydrogen-bond donors (Lipinski definition) is 3. The summed E-state index contributed by atoms with van der Waals surface area (Å²) in [6, 6.07) is 16.1. The van der Waals surface area contributed by atoms with Crippen molar-refractivity contribution >= 4 is 35.8 Å². The van der Waals surface area contributed by atoms with Crippen molar-refractivity contribution in [1.29, 1.82) is 0 Å². The number of benzene rings is 3. The number of fused-ring (bicyclic) bond motifs is 1. The predicted molar refractivity (Wildman–Crippen MR) is 138 cm³/mol. The maximum Gasteiger partial charge on any atom is 0.252 e. The molecule has 0 aromatic heterocycles. The average Bonchev–Trinajstić information content (AvgIpc) is 3.28. The van der Waals surface area contributed by atoms with Gasteiger partial charge in [-0.15, -0.1) is 12.4 Å². The topological polar surface area (TPSA) is 90.5 Å². The van der Waals surface area contributed by atoms with E-state index in [9.17, 15) is 23.2 Å². The van der Waals surface area contributed by atoms with Gasteiger partial charge in [-0.1, -0.05) is 60.7 Å². The molecular formula is C27H27ClF2N4O3. The van der Waals surface area contributed by atoms with Gasteiger partial charge in [-0.2, -0.15) is 0 Å². The minimum atomic E-state index is -1.16. The van der Waals surface area contributed by atoms with Crippen molar-refractivity contribution < 1.29 is 23.2 Å². The minimum absolute atomic E-state index is 0. The summed E-state index contributed by atoms with van der Waals surface area (Å²) in [5.74, 6) is -3.54. The van der Waals surface area contributed by atoms with Crippen LogP contribution in [0.3, 0.4) is 0 Å². The molecular weight excluding hydrogens is 502 g/mol. The van der Waals surface area contributed by atoms with Gasteiger partial charge in [0.25, 0.3) is 11.8 Å². The number of nitrogens with one attached hydrogen (secondary N) is 3. The van der Waals surface area contributed by atoms with Gasteiger partial charge in [0, 0.05) is 6.54 Å². The van der Waals surface area contributed by atoms with Crippen LogP contribution < -0.4 is 16.0 Å². The number of carbonyl (C=O) groups excluding carboxylic acids is 3. The molecule has 0 radical (unpaired) electrons. The third kappa shape index (κ3) is 5.79. The molecule has 0 unspecified atom stereocenters. The Morgan fingerprint density at radius 3 is 2.19 bits per heavy atom. The van der Waals surface area contributed by atoms with Crippen LogP contribution in [0.1, 0.15) is 35.7 Å². The van der Waals surface area contributed by atoms with Crippen molar-refractivity contribution in [2.75, 3.05) is 12.4 Å². The van der Waals surface area contributed by atoms with Gasteiger partial charge in [-0.05, 0) is 42.8 Å². The molecule has 3 aromatic carbocycles. The van der Waals surface area contributed by atoms with E-state index >= 15 is 0 Å². The number of nitrogens with zero attached hydrogens (tertiary/aromatic N) is 1. The molecule has 194 valence electrons. The number of para-hydroxylation sites is 1. The highest BCUT2D eigenvalue weighted by atomic mass is 35.5. The summed E-state index contributed by atoms with van der Waals surface area (Å²) >= 11 is 0. The van der Waals surface area contributed by atoms with E-state index in [1.165, 1.54) is 11.0 Å². The maximum absolute atomic E-state index is 14.3. The van der Waals surface area contributed by atoms with Crippen LogP contribution in [0, 0.1) is 11.6 Å². The second kappa shape index (κ2) is 11.9. The second-order valence-electron chi connectivity index (χ2n) is 8.52. The zero-order chi connectivity index (χ0) is 25.8. The number of amides is 3. The van der Waals surface area contributed by atoms with Crippen LogP contribution in [0.4, 0.5) is 14.5 Å². The lowest BCUT2D eigenvalue weighted by Gasteiger charge is -2.30. The lowest BCUT2D eigenvalue weighted by atomic mass is 10.0. The first kappa shape index (κ1) is 27.8. The summed E-state index contributed by atoms with van der Waals surface area (Å²) in [5, 5.41) is 7.92. The fraction of sp³-hybridized carbons (Fsp3) is 0.222. The SMILES string of the molecule is CN[C@@H](C)C(=O)N[C@H](C(=O)N1Cc2ccccc2[C@H]1C(=O)Nc1c(F)cccc1F)c1ccccc1.Cl. The molecule has 1 aliphatic rings. The molecule has 0 spiro atoms. The molecule has 0 aliphatic carbocycles. The fourth-order valence-electron chi connectivity index (χ4n) is 4.18. The largest absolute Gasteiger partial charge is 0.339 e. The van der Waals surface area contributed by atoms with E-state index in [0.29, 0.717) is 11.1 Å². The summed E-state index contributed by atoms with van der Waals surface area (Å²) < 4.78 is 28.5. The van der Waals surface area contributed by atoms with Crippen LogP contribution in [0.2, 0.25) is 0 Å². The van der Waals surface area contributed by atoms with E-state index in [1.54, 1.807) is 68.6 Å². The first-order chi connectivity index (χ1) is 17.3. The zero-order valence-electron chi connectivity index (χ0n) is 20.2. The van der Waals surface area contributed by atoms with Crippen molar-refractivity contribution in [2.45, 2.75) is 31.6 Å². The van der Waals surface area contributed by atoms with Crippen molar-refractivity contribution in [1.82, 2.24) is 15.5 Å². The first-order valence-corrected chi connectivity index (χ1v) is 11.5. The monoisotopic (exact) mass is 528 g/mol. The Balaban J connectivity index is 0.00000380. The van der Waals surface area contributed by atoms with Gasteiger partial charge in [0.05, 0.1) is 6.04 Å². The van der Waals surface area contributed by atoms with Crippen LogP contribution >= 0.6 is 12.4 Å². The van der Waals surface area contributed by atoms with Gasteiger partial charge in [-0.25, -0.2) is 8.78 Å². The summed E-state index contributed by atoms with van der Waals surface area (Å²) in [7, 11) is 1.63. The summed E-state index contributed by atoms with van der Waals surface area (Å²) in [4.78, 5) is 41.4. The Kier molecular flexibility index (Phi) is 8.96. The molecule has 0 saturated carbocycles.